The van der Waals surface area contributed by atoms with Crippen molar-refractivity contribution in [3.8, 4) is 0 Å². The van der Waals surface area contributed by atoms with E-state index in [-0.39, 0.29) is 5.75 Å². The van der Waals surface area contributed by atoms with Gasteiger partial charge in [0.2, 0.25) is 10.0 Å². The third-order valence-electron chi connectivity index (χ3n) is 1.90. The summed E-state index contributed by atoms with van der Waals surface area (Å²) >= 11 is 5.75. The van der Waals surface area contributed by atoms with E-state index < -0.39 is 10.0 Å². The van der Waals surface area contributed by atoms with Crippen LogP contribution in [0.1, 0.15) is 6.92 Å². The van der Waals surface area contributed by atoms with E-state index in [9.17, 15) is 8.42 Å². The predicted octanol–water partition coefficient (Wildman–Crippen LogP) is 1.69. The predicted molar refractivity (Wildman–Crippen MR) is 67.4 cm³/mol. The molecule has 0 bridgehead atoms. The van der Waals surface area contributed by atoms with Crippen molar-refractivity contribution in [2.45, 2.75) is 6.92 Å². The Balaban J connectivity index is 2.59. The highest BCUT2D eigenvalue weighted by Gasteiger charge is 2.09. The molecule has 0 fully saturated rings. The van der Waals surface area contributed by atoms with Gasteiger partial charge in [-0.15, -0.1) is 0 Å². The van der Waals surface area contributed by atoms with E-state index in [1.165, 1.54) is 0 Å². The van der Waals surface area contributed by atoms with Gasteiger partial charge in [-0.2, -0.15) is 0 Å². The summed E-state index contributed by atoms with van der Waals surface area (Å²) in [5.74, 6) is 0.0490. The van der Waals surface area contributed by atoms with Crippen LogP contribution in [0.15, 0.2) is 24.3 Å². The fraction of sp³-hybridized carbons (Fsp3) is 0.400. The standard InChI is InChI=1S/C10H15ClN2O2S/c1-2-12-6-7-16(14,15)13-10-5-3-4-9(11)8-10/h3-5,8,12-13H,2,6-7H2,1H3. The number of hydrogen-bond acceptors (Lipinski definition) is 3. The Hall–Kier alpha value is -0.780. The fourth-order valence-electron chi connectivity index (χ4n) is 1.17. The van der Waals surface area contributed by atoms with Gasteiger partial charge in [-0.05, 0) is 24.7 Å². The van der Waals surface area contributed by atoms with Crippen molar-refractivity contribution in [3.05, 3.63) is 29.3 Å². The van der Waals surface area contributed by atoms with Gasteiger partial charge < -0.3 is 5.32 Å². The molecule has 1 aromatic rings. The maximum absolute atomic E-state index is 11.6. The van der Waals surface area contributed by atoms with E-state index in [1.807, 2.05) is 6.92 Å². The molecule has 0 spiro atoms. The van der Waals surface area contributed by atoms with Crippen LogP contribution in [-0.2, 0) is 10.0 Å². The number of nitrogens with one attached hydrogen (secondary N) is 2. The first kappa shape index (κ1) is 13.3. The maximum Gasteiger partial charge on any atom is 0.233 e. The largest absolute Gasteiger partial charge is 0.316 e. The number of benzene rings is 1. The molecule has 4 nitrogen and oxygen atoms in total. The Morgan fingerprint density at radius 3 is 2.75 bits per heavy atom. The highest BCUT2D eigenvalue weighted by Crippen LogP contribution is 2.15. The molecule has 2 N–H and O–H groups in total. The molecule has 0 saturated carbocycles. The van der Waals surface area contributed by atoms with E-state index in [2.05, 4.69) is 10.0 Å². The van der Waals surface area contributed by atoms with Gasteiger partial charge in [-0.1, -0.05) is 24.6 Å². The summed E-state index contributed by atoms with van der Waals surface area (Å²) in [7, 11) is -3.29. The molecular weight excluding hydrogens is 248 g/mol. The van der Waals surface area contributed by atoms with Crippen molar-refractivity contribution in [1.29, 1.82) is 0 Å². The summed E-state index contributed by atoms with van der Waals surface area (Å²) in [6.45, 7) is 3.12. The quantitative estimate of drug-likeness (QED) is 0.767. The minimum absolute atomic E-state index is 0.0490. The van der Waals surface area contributed by atoms with Crippen LogP contribution < -0.4 is 10.0 Å². The highest BCUT2D eigenvalue weighted by molar-refractivity contribution is 7.92. The first-order valence-electron chi connectivity index (χ1n) is 5.00. The van der Waals surface area contributed by atoms with Gasteiger partial charge in [0.05, 0.1) is 5.75 Å². The second-order valence-electron chi connectivity index (χ2n) is 3.28. The molecule has 1 aromatic carbocycles. The molecule has 0 unspecified atom stereocenters. The molecule has 0 heterocycles. The topological polar surface area (TPSA) is 58.2 Å². The number of hydrogen-bond donors (Lipinski definition) is 2. The molecule has 0 amide bonds. The van der Waals surface area contributed by atoms with E-state index >= 15 is 0 Å². The lowest BCUT2D eigenvalue weighted by Crippen LogP contribution is -2.26. The van der Waals surface area contributed by atoms with Crippen molar-refractivity contribution in [3.63, 3.8) is 0 Å². The summed E-state index contributed by atoms with van der Waals surface area (Å²) in [5, 5.41) is 3.46. The van der Waals surface area contributed by atoms with E-state index in [0.717, 1.165) is 6.54 Å². The van der Waals surface area contributed by atoms with Crippen molar-refractivity contribution in [2.24, 2.45) is 0 Å². The first-order chi connectivity index (χ1) is 7.53. The molecule has 0 saturated heterocycles. The second kappa shape index (κ2) is 6.08. The van der Waals surface area contributed by atoms with Gasteiger partial charge in [0.1, 0.15) is 0 Å². The number of rotatable bonds is 6. The molecule has 0 aliphatic rings. The lowest BCUT2D eigenvalue weighted by atomic mass is 10.3. The highest BCUT2D eigenvalue weighted by atomic mass is 35.5. The third kappa shape index (κ3) is 4.83. The van der Waals surface area contributed by atoms with E-state index in [1.54, 1.807) is 24.3 Å². The minimum atomic E-state index is -3.29. The van der Waals surface area contributed by atoms with Crippen LogP contribution in [-0.4, -0.2) is 27.3 Å². The lowest BCUT2D eigenvalue weighted by Gasteiger charge is -2.08. The Kier molecular flexibility index (Phi) is 5.05. The minimum Gasteiger partial charge on any atom is -0.316 e. The van der Waals surface area contributed by atoms with Crippen LogP contribution in [0.3, 0.4) is 0 Å². The van der Waals surface area contributed by atoms with Gasteiger partial charge in [-0.25, -0.2) is 8.42 Å². The average molecular weight is 263 g/mol. The Morgan fingerprint density at radius 1 is 1.38 bits per heavy atom. The third-order valence-corrected chi connectivity index (χ3v) is 3.42. The Bertz CT molecular complexity index is 434. The molecule has 0 aliphatic carbocycles. The van der Waals surface area contributed by atoms with E-state index in [4.69, 9.17) is 11.6 Å². The molecule has 0 aliphatic heterocycles. The van der Waals surface area contributed by atoms with Crippen molar-refractivity contribution < 1.29 is 8.42 Å². The van der Waals surface area contributed by atoms with Crippen LogP contribution in [0.2, 0.25) is 5.02 Å². The molecule has 0 atom stereocenters. The number of halogens is 1. The zero-order chi connectivity index (χ0) is 12.0. The number of sulfonamides is 1. The zero-order valence-electron chi connectivity index (χ0n) is 9.03. The van der Waals surface area contributed by atoms with Gasteiger partial charge in [0, 0.05) is 17.3 Å². The second-order valence-corrected chi connectivity index (χ2v) is 5.56. The molecular formula is C10H15ClN2O2S. The SMILES string of the molecule is CCNCCS(=O)(=O)Nc1cccc(Cl)c1. The smallest absolute Gasteiger partial charge is 0.233 e. The van der Waals surface area contributed by atoms with Crippen LogP contribution in [0, 0.1) is 0 Å². The summed E-state index contributed by atoms with van der Waals surface area (Å²) in [6, 6.07) is 6.63. The molecule has 1 rings (SSSR count). The molecule has 90 valence electrons. The van der Waals surface area contributed by atoms with Crippen LogP contribution >= 0.6 is 11.6 Å². The summed E-state index contributed by atoms with van der Waals surface area (Å²) in [5.41, 5.74) is 0.490. The Morgan fingerprint density at radius 2 is 2.12 bits per heavy atom. The maximum atomic E-state index is 11.6. The average Bonchev–Trinajstić information content (AvgIpc) is 2.17. The lowest BCUT2D eigenvalue weighted by molar-refractivity contribution is 0.597. The summed E-state index contributed by atoms with van der Waals surface area (Å²) in [4.78, 5) is 0. The summed E-state index contributed by atoms with van der Waals surface area (Å²) in [6.07, 6.45) is 0. The van der Waals surface area contributed by atoms with Crippen LogP contribution in [0.5, 0.6) is 0 Å². The summed E-state index contributed by atoms with van der Waals surface area (Å²) < 4.78 is 25.6. The van der Waals surface area contributed by atoms with Crippen molar-refractivity contribution >= 4 is 27.3 Å². The van der Waals surface area contributed by atoms with E-state index in [0.29, 0.717) is 17.3 Å². The molecule has 0 radical (unpaired) electrons. The zero-order valence-corrected chi connectivity index (χ0v) is 10.6. The number of anilines is 1. The normalized spacial score (nSPS) is 11.4. The van der Waals surface area contributed by atoms with Gasteiger partial charge in [0.15, 0.2) is 0 Å². The molecule has 16 heavy (non-hydrogen) atoms. The fourth-order valence-corrected chi connectivity index (χ4v) is 2.36. The van der Waals surface area contributed by atoms with Gasteiger partial charge in [0.25, 0.3) is 0 Å². The molecule has 6 heteroatoms. The first-order valence-corrected chi connectivity index (χ1v) is 7.03. The Labute approximate surface area is 101 Å². The monoisotopic (exact) mass is 262 g/mol. The van der Waals surface area contributed by atoms with Gasteiger partial charge >= 0.3 is 0 Å². The van der Waals surface area contributed by atoms with Crippen molar-refractivity contribution in [1.82, 2.24) is 5.32 Å². The molecule has 0 aromatic heterocycles. The van der Waals surface area contributed by atoms with Gasteiger partial charge in [-0.3, -0.25) is 4.72 Å². The van der Waals surface area contributed by atoms with Crippen LogP contribution in [0.4, 0.5) is 5.69 Å². The van der Waals surface area contributed by atoms with Crippen LogP contribution in [0.25, 0.3) is 0 Å². The van der Waals surface area contributed by atoms with Crippen molar-refractivity contribution in [2.75, 3.05) is 23.6 Å².